The SMILES string of the molecule is Cc1nn(C)c2ccc(C34CCCCC3N(C)CC4)cc12. The van der Waals surface area contributed by atoms with Crippen LogP contribution in [-0.4, -0.2) is 34.3 Å². The van der Waals surface area contributed by atoms with Gasteiger partial charge in [-0.25, -0.2) is 0 Å². The van der Waals surface area contributed by atoms with Crippen molar-refractivity contribution in [3.63, 3.8) is 0 Å². The number of aryl methyl sites for hydroxylation is 2. The summed E-state index contributed by atoms with van der Waals surface area (Å²) in [6.45, 7) is 3.37. The minimum Gasteiger partial charge on any atom is -0.302 e. The molecule has 3 heteroatoms. The number of aromatic nitrogens is 2. The van der Waals surface area contributed by atoms with Gasteiger partial charge in [0.15, 0.2) is 0 Å². The molecule has 0 amide bonds. The van der Waals surface area contributed by atoms with Crippen LogP contribution in [0.15, 0.2) is 18.2 Å². The number of likely N-dealkylation sites (tertiary alicyclic amines) is 1. The smallest absolute Gasteiger partial charge is 0.0682 e. The Morgan fingerprint density at radius 2 is 2.05 bits per heavy atom. The van der Waals surface area contributed by atoms with E-state index >= 15 is 0 Å². The highest BCUT2D eigenvalue weighted by Gasteiger charge is 2.48. The molecular weight excluding hydrogens is 258 g/mol. The summed E-state index contributed by atoms with van der Waals surface area (Å²) in [6.07, 6.45) is 6.81. The molecule has 3 nitrogen and oxygen atoms in total. The van der Waals surface area contributed by atoms with Crippen LogP contribution in [0.2, 0.25) is 0 Å². The molecule has 0 N–H and O–H groups in total. The van der Waals surface area contributed by atoms with Gasteiger partial charge in [0.25, 0.3) is 0 Å². The molecule has 1 aliphatic heterocycles. The summed E-state index contributed by atoms with van der Waals surface area (Å²) in [7, 11) is 4.35. The van der Waals surface area contributed by atoms with Crippen LogP contribution in [0.25, 0.3) is 10.9 Å². The summed E-state index contributed by atoms with van der Waals surface area (Å²) >= 11 is 0. The zero-order chi connectivity index (χ0) is 14.6. The quantitative estimate of drug-likeness (QED) is 0.800. The van der Waals surface area contributed by atoms with Crippen LogP contribution in [-0.2, 0) is 12.5 Å². The van der Waals surface area contributed by atoms with Gasteiger partial charge in [-0.1, -0.05) is 18.9 Å². The first-order valence-electron chi connectivity index (χ1n) is 8.26. The molecule has 0 bridgehead atoms. The van der Waals surface area contributed by atoms with Gasteiger partial charge in [-0.05, 0) is 57.5 Å². The third kappa shape index (κ3) is 1.80. The van der Waals surface area contributed by atoms with Gasteiger partial charge in [-0.15, -0.1) is 0 Å². The van der Waals surface area contributed by atoms with Crippen molar-refractivity contribution in [2.24, 2.45) is 7.05 Å². The van der Waals surface area contributed by atoms with Crippen molar-refractivity contribution in [2.45, 2.75) is 50.5 Å². The topological polar surface area (TPSA) is 21.1 Å². The normalized spacial score (nSPS) is 30.0. The number of nitrogens with zero attached hydrogens (tertiary/aromatic N) is 3. The molecule has 2 atom stereocenters. The van der Waals surface area contributed by atoms with Crippen LogP contribution in [0.3, 0.4) is 0 Å². The maximum Gasteiger partial charge on any atom is 0.0682 e. The molecule has 21 heavy (non-hydrogen) atoms. The highest BCUT2D eigenvalue weighted by molar-refractivity contribution is 5.82. The molecule has 1 aliphatic carbocycles. The highest BCUT2D eigenvalue weighted by atomic mass is 15.3. The van der Waals surface area contributed by atoms with Gasteiger partial charge in [0.05, 0.1) is 11.2 Å². The number of hydrogen-bond acceptors (Lipinski definition) is 2. The lowest BCUT2D eigenvalue weighted by atomic mass is 9.66. The lowest BCUT2D eigenvalue weighted by molar-refractivity contribution is 0.182. The Kier molecular flexibility index (Phi) is 2.90. The molecule has 4 rings (SSSR count). The molecule has 0 radical (unpaired) electrons. The largest absolute Gasteiger partial charge is 0.302 e. The van der Waals surface area contributed by atoms with E-state index in [4.69, 9.17) is 0 Å². The fraction of sp³-hybridized carbons (Fsp3) is 0.611. The number of likely N-dealkylation sites (N-methyl/N-ethyl adjacent to an activating group) is 1. The molecule has 1 aromatic heterocycles. The lowest BCUT2D eigenvalue weighted by Gasteiger charge is -2.41. The van der Waals surface area contributed by atoms with Gasteiger partial charge in [-0.3, -0.25) is 4.68 Å². The zero-order valence-electron chi connectivity index (χ0n) is 13.4. The molecule has 2 fully saturated rings. The molecule has 1 saturated heterocycles. The van der Waals surface area contributed by atoms with Gasteiger partial charge >= 0.3 is 0 Å². The fourth-order valence-corrected chi connectivity index (χ4v) is 4.92. The van der Waals surface area contributed by atoms with E-state index < -0.39 is 0 Å². The summed E-state index contributed by atoms with van der Waals surface area (Å²) in [6, 6.07) is 7.83. The number of fused-ring (bicyclic) bond motifs is 2. The highest BCUT2D eigenvalue weighted by Crippen LogP contribution is 2.48. The molecule has 1 saturated carbocycles. The Morgan fingerprint density at radius 1 is 1.19 bits per heavy atom. The van der Waals surface area contributed by atoms with E-state index in [0.29, 0.717) is 5.41 Å². The summed E-state index contributed by atoms with van der Waals surface area (Å²) in [5.41, 5.74) is 4.36. The first-order chi connectivity index (χ1) is 10.1. The molecule has 0 spiro atoms. The summed E-state index contributed by atoms with van der Waals surface area (Å²) in [5.74, 6) is 0. The van der Waals surface area contributed by atoms with Crippen molar-refractivity contribution >= 4 is 10.9 Å². The van der Waals surface area contributed by atoms with E-state index in [-0.39, 0.29) is 0 Å². The van der Waals surface area contributed by atoms with Crippen LogP contribution in [0.5, 0.6) is 0 Å². The Morgan fingerprint density at radius 3 is 2.90 bits per heavy atom. The average molecular weight is 283 g/mol. The summed E-state index contributed by atoms with van der Waals surface area (Å²) in [4.78, 5) is 2.60. The van der Waals surface area contributed by atoms with Crippen LogP contribution in [0, 0.1) is 6.92 Å². The number of benzene rings is 1. The van der Waals surface area contributed by atoms with E-state index in [1.807, 2.05) is 11.7 Å². The number of hydrogen-bond donors (Lipinski definition) is 0. The van der Waals surface area contributed by atoms with Gasteiger partial charge in [0.1, 0.15) is 0 Å². The van der Waals surface area contributed by atoms with Crippen LogP contribution in [0.1, 0.15) is 43.4 Å². The van der Waals surface area contributed by atoms with Gasteiger partial charge < -0.3 is 4.90 Å². The average Bonchev–Trinajstić information content (AvgIpc) is 2.99. The molecular formula is C18H25N3. The van der Waals surface area contributed by atoms with E-state index in [0.717, 1.165) is 11.7 Å². The summed E-state index contributed by atoms with van der Waals surface area (Å²) < 4.78 is 2.01. The van der Waals surface area contributed by atoms with Crippen molar-refractivity contribution in [3.8, 4) is 0 Å². The molecule has 112 valence electrons. The second-order valence-corrected chi connectivity index (χ2v) is 7.09. The van der Waals surface area contributed by atoms with Gasteiger partial charge in [0.2, 0.25) is 0 Å². The fourth-order valence-electron chi connectivity index (χ4n) is 4.92. The molecule has 2 heterocycles. The maximum absolute atomic E-state index is 4.58. The first-order valence-corrected chi connectivity index (χ1v) is 8.26. The number of rotatable bonds is 1. The Hall–Kier alpha value is -1.35. The Bertz CT molecular complexity index is 683. The second kappa shape index (κ2) is 4.57. The third-order valence-corrected chi connectivity index (χ3v) is 6.04. The molecule has 2 aliphatic rings. The van der Waals surface area contributed by atoms with Crippen molar-refractivity contribution < 1.29 is 0 Å². The van der Waals surface area contributed by atoms with Crippen molar-refractivity contribution in [1.29, 1.82) is 0 Å². The van der Waals surface area contributed by atoms with E-state index in [9.17, 15) is 0 Å². The predicted octanol–water partition coefficient (Wildman–Crippen LogP) is 3.40. The van der Waals surface area contributed by atoms with Gasteiger partial charge in [0, 0.05) is 23.9 Å². The lowest BCUT2D eigenvalue weighted by Crippen LogP contribution is -2.43. The van der Waals surface area contributed by atoms with Crippen molar-refractivity contribution in [2.75, 3.05) is 13.6 Å². The molecule has 2 unspecified atom stereocenters. The van der Waals surface area contributed by atoms with Crippen LogP contribution < -0.4 is 0 Å². The zero-order valence-corrected chi connectivity index (χ0v) is 13.4. The minimum atomic E-state index is 0.392. The van der Waals surface area contributed by atoms with E-state index in [1.165, 1.54) is 49.6 Å². The molecule has 2 aromatic rings. The maximum atomic E-state index is 4.58. The van der Waals surface area contributed by atoms with Crippen LogP contribution in [0.4, 0.5) is 0 Å². The second-order valence-electron chi connectivity index (χ2n) is 7.09. The molecule has 1 aromatic carbocycles. The minimum absolute atomic E-state index is 0.392. The van der Waals surface area contributed by atoms with Crippen molar-refractivity contribution in [3.05, 3.63) is 29.5 Å². The Labute approximate surface area is 126 Å². The predicted molar refractivity (Wildman–Crippen MR) is 86.6 cm³/mol. The van der Waals surface area contributed by atoms with E-state index in [2.05, 4.69) is 42.2 Å². The van der Waals surface area contributed by atoms with E-state index in [1.54, 1.807) is 5.56 Å². The third-order valence-electron chi connectivity index (χ3n) is 6.04. The standard InChI is InChI=1S/C18H25N3/c1-13-15-12-14(7-8-16(15)21(3)19-13)18-9-5-4-6-17(18)20(2)11-10-18/h7-8,12,17H,4-6,9-11H2,1-3H3. The van der Waals surface area contributed by atoms with Crippen LogP contribution >= 0.6 is 0 Å². The monoisotopic (exact) mass is 283 g/mol. The Balaban J connectivity index is 1.86. The summed E-state index contributed by atoms with van der Waals surface area (Å²) in [5, 5.41) is 5.92. The first kappa shape index (κ1) is 13.3. The van der Waals surface area contributed by atoms with Crippen molar-refractivity contribution in [1.82, 2.24) is 14.7 Å². The van der Waals surface area contributed by atoms with Gasteiger partial charge in [-0.2, -0.15) is 5.10 Å².